The molecule has 4 N–H and O–H groups in total. The zero-order valence-corrected chi connectivity index (χ0v) is 14.6. The number of allylic oxidation sites excluding steroid dienone is 3. The first-order chi connectivity index (χ1) is 12.6. The number of nitrogens with zero attached hydrogens (tertiary/aromatic N) is 1. The normalized spacial score (nSPS) is 30.6. The third kappa shape index (κ3) is 2.82. The molecule has 0 spiro atoms. The first-order valence-electron chi connectivity index (χ1n) is 8.79. The van der Waals surface area contributed by atoms with Gasteiger partial charge in [0, 0.05) is 24.0 Å². The van der Waals surface area contributed by atoms with E-state index in [0.717, 1.165) is 24.1 Å². The number of ether oxygens (including phenoxy) is 1. The molecule has 3 atom stereocenters. The number of aromatic nitrogens is 1. The fourth-order valence-corrected chi connectivity index (χ4v) is 4.05. The van der Waals surface area contributed by atoms with Crippen LogP contribution in [0.15, 0.2) is 71.7 Å². The van der Waals surface area contributed by atoms with Crippen LogP contribution in [0, 0.1) is 5.92 Å². The molecule has 0 fully saturated rings. The largest absolute Gasteiger partial charge is 0.414 e. The second-order valence-electron chi connectivity index (χ2n) is 6.75. The Balaban J connectivity index is 1.48. The van der Waals surface area contributed by atoms with Gasteiger partial charge in [-0.3, -0.25) is 10.3 Å². The summed E-state index contributed by atoms with van der Waals surface area (Å²) in [6, 6.07) is 3.27. The highest BCUT2D eigenvalue weighted by Gasteiger charge is 2.43. The molecule has 0 saturated heterocycles. The average Bonchev–Trinajstić information content (AvgIpc) is 2.62. The molecule has 1 aliphatic heterocycles. The van der Waals surface area contributed by atoms with Crippen LogP contribution in [-0.4, -0.2) is 22.8 Å². The Morgan fingerprint density at radius 3 is 3.00 bits per heavy atom. The number of amides is 1. The predicted octanol–water partition coefficient (Wildman–Crippen LogP) is 2.53. The van der Waals surface area contributed by atoms with Crippen molar-refractivity contribution in [1.29, 1.82) is 0 Å². The molecule has 3 aliphatic rings. The van der Waals surface area contributed by atoms with Crippen molar-refractivity contribution in [2.24, 2.45) is 11.7 Å². The van der Waals surface area contributed by atoms with Crippen LogP contribution in [0.3, 0.4) is 0 Å². The number of rotatable bonds is 2. The number of hydrogen-bond donors (Lipinski definition) is 3. The molecule has 1 amide bonds. The summed E-state index contributed by atoms with van der Waals surface area (Å²) in [5, 5.41) is 6.21. The number of hydrogen-bond acceptors (Lipinski definition) is 5. The Kier molecular flexibility index (Phi) is 4.12. The Morgan fingerprint density at radius 2 is 2.23 bits per heavy atom. The zero-order chi connectivity index (χ0) is 18.1. The Labute approximate surface area is 152 Å². The fourth-order valence-electron chi connectivity index (χ4n) is 4.05. The molecule has 134 valence electrons. The van der Waals surface area contributed by atoms with Crippen LogP contribution in [-0.2, 0) is 0 Å². The fraction of sp³-hybridized carbons (Fsp3) is 0.300. The van der Waals surface area contributed by atoms with Gasteiger partial charge < -0.3 is 15.8 Å². The van der Waals surface area contributed by atoms with Crippen molar-refractivity contribution in [1.82, 2.24) is 15.6 Å². The number of fused-ring (bicyclic) bond motifs is 3. The molecule has 6 nitrogen and oxygen atoms in total. The first kappa shape index (κ1) is 16.6. The summed E-state index contributed by atoms with van der Waals surface area (Å²) in [5.41, 5.74) is 9.77. The molecule has 0 aromatic carbocycles. The van der Waals surface area contributed by atoms with Crippen LogP contribution in [0.25, 0.3) is 0 Å². The predicted molar refractivity (Wildman–Crippen MR) is 99.0 cm³/mol. The molecule has 0 radical (unpaired) electrons. The van der Waals surface area contributed by atoms with Gasteiger partial charge in [0.2, 0.25) is 0 Å². The van der Waals surface area contributed by atoms with E-state index in [4.69, 9.17) is 10.5 Å². The lowest BCUT2D eigenvalue weighted by molar-refractivity contribution is 0.196. The van der Waals surface area contributed by atoms with Gasteiger partial charge >= 0.3 is 6.09 Å². The van der Waals surface area contributed by atoms with Gasteiger partial charge in [0.05, 0.1) is 5.54 Å². The molecule has 2 unspecified atom stereocenters. The molecule has 2 aliphatic carbocycles. The van der Waals surface area contributed by atoms with Crippen molar-refractivity contribution < 1.29 is 9.53 Å². The third-order valence-electron chi connectivity index (χ3n) is 5.18. The molecular weight excluding hydrogens is 328 g/mol. The SMILES string of the molecule is C/C=C1\[C@@H]2C=CCC1(N)C1=C(C2)NC(NC(=O)Oc2ccncc2)C=C1. The number of nitrogens with one attached hydrogen (secondary N) is 2. The Bertz CT molecular complexity index is 841. The van der Waals surface area contributed by atoms with Crippen LogP contribution < -0.4 is 21.1 Å². The van der Waals surface area contributed by atoms with Crippen LogP contribution in [0.2, 0.25) is 0 Å². The van der Waals surface area contributed by atoms with Gasteiger partial charge in [0.25, 0.3) is 0 Å². The van der Waals surface area contributed by atoms with E-state index >= 15 is 0 Å². The summed E-state index contributed by atoms with van der Waals surface area (Å²) in [6.07, 6.45) is 14.4. The van der Waals surface area contributed by atoms with Crippen LogP contribution in [0.4, 0.5) is 4.79 Å². The van der Waals surface area contributed by atoms with Gasteiger partial charge in [-0.25, -0.2) is 4.79 Å². The van der Waals surface area contributed by atoms with E-state index < -0.39 is 11.6 Å². The molecule has 1 aromatic heterocycles. The molecule has 4 rings (SSSR count). The first-order valence-corrected chi connectivity index (χ1v) is 8.79. The molecule has 1 aromatic rings. The number of carbonyl (C=O) groups is 1. The number of nitrogens with two attached hydrogens (primary N) is 1. The van der Waals surface area contributed by atoms with E-state index in [1.807, 2.05) is 19.1 Å². The van der Waals surface area contributed by atoms with Crippen LogP contribution >= 0.6 is 0 Å². The number of dihydropyridines is 1. The summed E-state index contributed by atoms with van der Waals surface area (Å²) >= 11 is 0. The van der Waals surface area contributed by atoms with Gasteiger partial charge in [0.1, 0.15) is 11.9 Å². The van der Waals surface area contributed by atoms with E-state index in [2.05, 4.69) is 33.8 Å². The van der Waals surface area contributed by atoms with Gasteiger partial charge in [0.15, 0.2) is 0 Å². The van der Waals surface area contributed by atoms with Gasteiger partial charge in [-0.2, -0.15) is 0 Å². The van der Waals surface area contributed by atoms with Crippen molar-refractivity contribution >= 4 is 6.09 Å². The zero-order valence-electron chi connectivity index (χ0n) is 14.6. The molecule has 2 heterocycles. The summed E-state index contributed by atoms with van der Waals surface area (Å²) in [5.74, 6) is 0.758. The molecule has 2 bridgehead atoms. The average molecular weight is 350 g/mol. The van der Waals surface area contributed by atoms with Crippen LogP contribution in [0.5, 0.6) is 5.75 Å². The number of pyridine rings is 1. The molecule has 6 heteroatoms. The van der Waals surface area contributed by atoms with Gasteiger partial charge in [-0.15, -0.1) is 0 Å². The number of carbonyl (C=O) groups excluding carboxylic acids is 1. The summed E-state index contributed by atoms with van der Waals surface area (Å²) < 4.78 is 5.26. The van der Waals surface area contributed by atoms with E-state index in [0.29, 0.717) is 11.7 Å². The van der Waals surface area contributed by atoms with Crippen LogP contribution in [0.1, 0.15) is 19.8 Å². The molecule has 0 saturated carbocycles. The second-order valence-corrected chi connectivity index (χ2v) is 6.75. The topological polar surface area (TPSA) is 89.3 Å². The van der Waals surface area contributed by atoms with E-state index in [1.165, 1.54) is 5.57 Å². The maximum Gasteiger partial charge on any atom is 0.414 e. The van der Waals surface area contributed by atoms with Crippen molar-refractivity contribution in [3.8, 4) is 5.75 Å². The van der Waals surface area contributed by atoms with E-state index in [1.54, 1.807) is 24.5 Å². The summed E-state index contributed by atoms with van der Waals surface area (Å²) in [6.45, 7) is 2.05. The van der Waals surface area contributed by atoms with Crippen molar-refractivity contribution in [3.05, 3.63) is 71.7 Å². The maximum atomic E-state index is 12.1. The van der Waals surface area contributed by atoms with Crippen molar-refractivity contribution in [2.45, 2.75) is 31.5 Å². The Morgan fingerprint density at radius 1 is 1.42 bits per heavy atom. The monoisotopic (exact) mass is 350 g/mol. The summed E-state index contributed by atoms with van der Waals surface area (Å²) in [7, 11) is 0. The highest BCUT2D eigenvalue weighted by Crippen LogP contribution is 2.46. The third-order valence-corrected chi connectivity index (χ3v) is 5.18. The van der Waals surface area contributed by atoms with Crippen molar-refractivity contribution in [2.75, 3.05) is 0 Å². The van der Waals surface area contributed by atoms with E-state index in [9.17, 15) is 4.79 Å². The highest BCUT2D eigenvalue weighted by atomic mass is 16.6. The lowest BCUT2D eigenvalue weighted by atomic mass is 9.64. The van der Waals surface area contributed by atoms with E-state index in [-0.39, 0.29) is 6.17 Å². The quantitative estimate of drug-likeness (QED) is 0.713. The lowest BCUT2D eigenvalue weighted by Crippen LogP contribution is -2.54. The molecule has 26 heavy (non-hydrogen) atoms. The minimum absolute atomic E-state index is 0.306. The minimum atomic E-state index is -0.519. The Hall–Kier alpha value is -2.86. The van der Waals surface area contributed by atoms with Gasteiger partial charge in [-0.1, -0.05) is 24.3 Å². The van der Waals surface area contributed by atoms with Gasteiger partial charge in [-0.05, 0) is 49.1 Å². The minimum Gasteiger partial charge on any atom is -0.410 e. The second kappa shape index (κ2) is 6.46. The highest BCUT2D eigenvalue weighted by molar-refractivity contribution is 5.71. The smallest absolute Gasteiger partial charge is 0.410 e. The standard InChI is InChI=1S/C20H22N4O2/c1-2-15-13-4-3-9-20(15,21)16-5-6-18(23-17(16)12-13)24-19(25)26-14-7-10-22-11-8-14/h2-8,10-11,13,18,23H,9,12,21H2,1H3,(H,24,25)/b15-2+/t13-,18?,20?/m1/s1. The van der Waals surface area contributed by atoms with Crippen molar-refractivity contribution in [3.63, 3.8) is 0 Å². The lowest BCUT2D eigenvalue weighted by Gasteiger charge is -2.46. The maximum absolute atomic E-state index is 12.1. The molecular formula is C20H22N4O2. The summed E-state index contributed by atoms with van der Waals surface area (Å²) in [4.78, 5) is 16.0.